The smallest absolute Gasteiger partial charge is 0.306 e. The number of hydrogen-bond donors (Lipinski definition) is 0. The van der Waals surface area contributed by atoms with E-state index in [9.17, 15) is 14.4 Å². The van der Waals surface area contributed by atoms with Crippen LogP contribution in [0.15, 0.2) is 36.5 Å². The molecule has 0 N–H and O–H groups in total. The van der Waals surface area contributed by atoms with Gasteiger partial charge in [0.2, 0.25) is 0 Å². The first-order chi connectivity index (χ1) is 32.0. The van der Waals surface area contributed by atoms with E-state index >= 15 is 0 Å². The molecule has 0 heterocycles. The van der Waals surface area contributed by atoms with Crippen molar-refractivity contribution in [1.29, 1.82) is 0 Å². The highest BCUT2D eigenvalue weighted by Gasteiger charge is 2.19. The maximum Gasteiger partial charge on any atom is 0.306 e. The fraction of sp³-hybridized carbons (Fsp3) is 0.847. The molecule has 0 radical (unpaired) electrons. The molecule has 0 aromatic rings. The molecule has 0 aliphatic rings. The van der Waals surface area contributed by atoms with Crippen molar-refractivity contribution in [2.45, 2.75) is 309 Å². The Morgan fingerprint density at radius 2 is 0.600 bits per heavy atom. The van der Waals surface area contributed by atoms with Gasteiger partial charge in [0.1, 0.15) is 13.2 Å². The fourth-order valence-corrected chi connectivity index (χ4v) is 8.45. The monoisotopic (exact) mass is 913 g/mol. The van der Waals surface area contributed by atoms with E-state index in [1.165, 1.54) is 193 Å². The van der Waals surface area contributed by atoms with Crippen LogP contribution in [0.1, 0.15) is 303 Å². The highest BCUT2D eigenvalue weighted by Crippen LogP contribution is 2.17. The third-order valence-electron chi connectivity index (χ3n) is 12.7. The van der Waals surface area contributed by atoms with Crippen LogP contribution in [-0.2, 0) is 28.6 Å². The van der Waals surface area contributed by atoms with Gasteiger partial charge in [0.25, 0.3) is 0 Å². The van der Waals surface area contributed by atoms with Gasteiger partial charge in [-0.1, -0.05) is 282 Å². The van der Waals surface area contributed by atoms with Crippen molar-refractivity contribution >= 4 is 17.9 Å². The second-order valence-electron chi connectivity index (χ2n) is 19.2. The van der Waals surface area contributed by atoms with Crippen LogP contribution in [0.25, 0.3) is 0 Å². The van der Waals surface area contributed by atoms with E-state index in [-0.39, 0.29) is 31.1 Å². The Bertz CT molecular complexity index is 1090. The molecule has 0 aliphatic heterocycles. The van der Waals surface area contributed by atoms with Gasteiger partial charge in [0, 0.05) is 19.3 Å². The lowest BCUT2D eigenvalue weighted by atomic mass is 10.0. The van der Waals surface area contributed by atoms with Gasteiger partial charge in [-0.3, -0.25) is 14.4 Å². The van der Waals surface area contributed by atoms with Gasteiger partial charge in [-0.2, -0.15) is 0 Å². The molecule has 1 unspecified atom stereocenters. The zero-order valence-corrected chi connectivity index (χ0v) is 43.5. The zero-order valence-electron chi connectivity index (χ0n) is 43.5. The number of unbranched alkanes of at least 4 members (excludes halogenated alkanes) is 37. The van der Waals surface area contributed by atoms with Gasteiger partial charge in [-0.05, 0) is 38.5 Å². The molecule has 65 heavy (non-hydrogen) atoms. The van der Waals surface area contributed by atoms with Crippen LogP contribution < -0.4 is 0 Å². The largest absolute Gasteiger partial charge is 0.462 e. The van der Waals surface area contributed by atoms with Crippen LogP contribution in [-0.4, -0.2) is 37.2 Å². The average Bonchev–Trinajstić information content (AvgIpc) is 3.30. The quantitative estimate of drug-likeness (QED) is 0.0262. The molecule has 0 fully saturated rings. The van der Waals surface area contributed by atoms with Crippen LogP contribution in [0, 0.1) is 0 Å². The predicted molar refractivity (Wildman–Crippen MR) is 279 cm³/mol. The third kappa shape index (κ3) is 52.5. The SMILES string of the molecule is CC\C=C/C=C\C=C/CCCCCCCCCC(=O)OCC(COC(=O)CCCCCCCCCCCCCCCCCC)OC(=O)CCCCCCCCCCCCCCCCCC. The Labute approximate surface area is 404 Å². The average molecular weight is 914 g/mol. The molecule has 6 nitrogen and oxygen atoms in total. The number of carbonyl (C=O) groups excluding carboxylic acids is 3. The van der Waals surface area contributed by atoms with Gasteiger partial charge in [-0.25, -0.2) is 0 Å². The second kappa shape index (κ2) is 54.2. The van der Waals surface area contributed by atoms with Crippen LogP contribution >= 0.6 is 0 Å². The molecule has 0 bridgehead atoms. The Morgan fingerprint density at radius 3 is 0.923 bits per heavy atom. The summed E-state index contributed by atoms with van der Waals surface area (Å²) in [5.74, 6) is -0.864. The van der Waals surface area contributed by atoms with Crippen molar-refractivity contribution in [3.05, 3.63) is 36.5 Å². The summed E-state index contributed by atoms with van der Waals surface area (Å²) in [5, 5.41) is 0. The maximum atomic E-state index is 12.8. The summed E-state index contributed by atoms with van der Waals surface area (Å²) in [6.45, 7) is 6.55. The molecule has 0 aromatic carbocycles. The molecule has 0 saturated carbocycles. The predicted octanol–water partition coefficient (Wildman–Crippen LogP) is 18.9. The summed E-state index contributed by atoms with van der Waals surface area (Å²) in [6, 6.07) is 0. The van der Waals surface area contributed by atoms with E-state index in [1.807, 2.05) is 0 Å². The highest BCUT2D eigenvalue weighted by atomic mass is 16.6. The maximum absolute atomic E-state index is 12.8. The third-order valence-corrected chi connectivity index (χ3v) is 12.7. The molecular formula is C59H108O6. The molecule has 0 spiro atoms. The van der Waals surface area contributed by atoms with Gasteiger partial charge in [0.05, 0.1) is 0 Å². The number of rotatable bonds is 52. The van der Waals surface area contributed by atoms with E-state index in [4.69, 9.17) is 14.2 Å². The fourth-order valence-electron chi connectivity index (χ4n) is 8.45. The van der Waals surface area contributed by atoms with Gasteiger partial charge >= 0.3 is 17.9 Å². The topological polar surface area (TPSA) is 78.9 Å². The number of ether oxygens (including phenoxy) is 3. The van der Waals surface area contributed by atoms with Crippen LogP contribution in [0.5, 0.6) is 0 Å². The zero-order chi connectivity index (χ0) is 47.2. The van der Waals surface area contributed by atoms with Gasteiger partial charge in [-0.15, -0.1) is 0 Å². The van der Waals surface area contributed by atoms with Crippen LogP contribution in [0.2, 0.25) is 0 Å². The molecule has 0 aromatic heterocycles. The number of carbonyl (C=O) groups is 3. The molecule has 0 amide bonds. The lowest BCUT2D eigenvalue weighted by Crippen LogP contribution is -2.30. The van der Waals surface area contributed by atoms with E-state index in [2.05, 4.69) is 57.2 Å². The van der Waals surface area contributed by atoms with Gasteiger partial charge in [0.15, 0.2) is 6.10 Å². The summed E-state index contributed by atoms with van der Waals surface area (Å²) in [4.78, 5) is 38.1. The van der Waals surface area contributed by atoms with Crippen LogP contribution in [0.3, 0.4) is 0 Å². The highest BCUT2D eigenvalue weighted by molar-refractivity contribution is 5.71. The van der Waals surface area contributed by atoms with Crippen molar-refractivity contribution in [2.24, 2.45) is 0 Å². The molecule has 0 rings (SSSR count). The first-order valence-corrected chi connectivity index (χ1v) is 28.5. The molecule has 0 aliphatic carbocycles. The minimum atomic E-state index is -0.772. The van der Waals surface area contributed by atoms with E-state index < -0.39 is 6.10 Å². The summed E-state index contributed by atoms with van der Waals surface area (Å²) < 4.78 is 16.9. The van der Waals surface area contributed by atoms with Crippen molar-refractivity contribution in [1.82, 2.24) is 0 Å². The summed E-state index contributed by atoms with van der Waals surface area (Å²) in [5.41, 5.74) is 0. The lowest BCUT2D eigenvalue weighted by molar-refractivity contribution is -0.167. The molecule has 380 valence electrons. The summed E-state index contributed by atoms with van der Waals surface area (Å²) >= 11 is 0. The molecule has 0 saturated heterocycles. The number of hydrogen-bond acceptors (Lipinski definition) is 6. The first-order valence-electron chi connectivity index (χ1n) is 28.5. The Hall–Kier alpha value is -2.37. The standard InChI is InChI=1S/C59H108O6/c1-4-7-10-13-16-19-22-25-28-31-34-37-40-43-46-49-52-58(61)64-55-56(54-63-57(60)51-48-45-42-39-36-33-30-27-24-21-18-15-12-9-6-3)65-59(62)53-50-47-44-41-38-35-32-29-26-23-20-17-14-11-8-5-2/h9,12,15,18,21,24,56H,4-8,10-11,13-14,16-17,19-20,22-23,25-55H2,1-3H3/b12-9-,18-15-,24-21-. The molecular weight excluding hydrogens is 805 g/mol. The molecule has 1 atom stereocenters. The van der Waals surface area contributed by atoms with E-state index in [0.717, 1.165) is 70.6 Å². The van der Waals surface area contributed by atoms with E-state index in [0.29, 0.717) is 19.3 Å². The normalized spacial score (nSPS) is 12.2. The lowest BCUT2D eigenvalue weighted by Gasteiger charge is -2.18. The summed E-state index contributed by atoms with van der Waals surface area (Å²) in [6.07, 6.45) is 64.2. The van der Waals surface area contributed by atoms with Crippen LogP contribution in [0.4, 0.5) is 0 Å². The minimum absolute atomic E-state index is 0.0710. The van der Waals surface area contributed by atoms with Crippen molar-refractivity contribution in [3.8, 4) is 0 Å². The number of allylic oxidation sites excluding steroid dienone is 6. The van der Waals surface area contributed by atoms with Gasteiger partial charge < -0.3 is 14.2 Å². The number of esters is 3. The first kappa shape index (κ1) is 62.6. The Morgan fingerprint density at radius 1 is 0.323 bits per heavy atom. The van der Waals surface area contributed by atoms with Crippen molar-refractivity contribution < 1.29 is 28.6 Å². The van der Waals surface area contributed by atoms with Crippen molar-refractivity contribution in [2.75, 3.05) is 13.2 Å². The second-order valence-corrected chi connectivity index (χ2v) is 19.2. The Kier molecular flexibility index (Phi) is 52.3. The van der Waals surface area contributed by atoms with Crippen molar-refractivity contribution in [3.63, 3.8) is 0 Å². The summed E-state index contributed by atoms with van der Waals surface area (Å²) in [7, 11) is 0. The molecule has 6 heteroatoms. The Balaban J connectivity index is 4.34. The van der Waals surface area contributed by atoms with E-state index in [1.54, 1.807) is 0 Å². The minimum Gasteiger partial charge on any atom is -0.462 e.